The maximum Gasteiger partial charge on any atom is 0.0981 e. The van der Waals surface area contributed by atoms with Crippen molar-refractivity contribution in [2.45, 2.75) is 6.10 Å². The zero-order valence-electron chi connectivity index (χ0n) is 9.21. The fraction of sp³-hybridized carbons (Fsp3) is 0.455. The van der Waals surface area contributed by atoms with E-state index in [4.69, 9.17) is 38.4 Å². The average Bonchev–Trinajstić information content (AvgIpc) is 2.33. The summed E-state index contributed by atoms with van der Waals surface area (Å²) in [6.07, 6.45) is 0.0394. The SMILES string of the molecule is Nc1cc(Cl)c(Cl)cc1NCC1COCCO1. The predicted molar refractivity (Wildman–Crippen MR) is 69.9 cm³/mol. The van der Waals surface area contributed by atoms with E-state index in [9.17, 15) is 0 Å². The lowest BCUT2D eigenvalue weighted by atomic mass is 10.2. The van der Waals surface area contributed by atoms with Gasteiger partial charge >= 0.3 is 0 Å². The van der Waals surface area contributed by atoms with Gasteiger partial charge in [-0.2, -0.15) is 0 Å². The number of halogens is 2. The van der Waals surface area contributed by atoms with E-state index in [1.54, 1.807) is 12.1 Å². The molecule has 1 atom stereocenters. The van der Waals surface area contributed by atoms with E-state index >= 15 is 0 Å². The van der Waals surface area contributed by atoms with E-state index in [-0.39, 0.29) is 6.10 Å². The Morgan fingerprint density at radius 1 is 1.29 bits per heavy atom. The van der Waals surface area contributed by atoms with Crippen LogP contribution < -0.4 is 11.1 Å². The summed E-state index contributed by atoms with van der Waals surface area (Å²) in [6, 6.07) is 3.34. The molecule has 1 aliphatic rings. The average molecular weight is 277 g/mol. The molecule has 1 heterocycles. The zero-order chi connectivity index (χ0) is 12.3. The van der Waals surface area contributed by atoms with E-state index in [2.05, 4.69) is 5.32 Å². The van der Waals surface area contributed by atoms with Crippen LogP contribution in [0.4, 0.5) is 11.4 Å². The van der Waals surface area contributed by atoms with Crippen LogP contribution in [0, 0.1) is 0 Å². The lowest BCUT2D eigenvalue weighted by molar-refractivity contribution is -0.0818. The molecule has 0 saturated carbocycles. The van der Waals surface area contributed by atoms with E-state index < -0.39 is 0 Å². The Kier molecular flexibility index (Phi) is 4.34. The van der Waals surface area contributed by atoms with Gasteiger partial charge in [0.1, 0.15) is 0 Å². The number of nitrogens with two attached hydrogens (primary N) is 1. The van der Waals surface area contributed by atoms with Gasteiger partial charge in [-0.15, -0.1) is 0 Å². The fourth-order valence-corrected chi connectivity index (χ4v) is 1.93. The van der Waals surface area contributed by atoms with Gasteiger partial charge in [0.15, 0.2) is 0 Å². The maximum absolute atomic E-state index is 5.92. The monoisotopic (exact) mass is 276 g/mol. The number of rotatable bonds is 3. The van der Waals surface area contributed by atoms with Crippen molar-refractivity contribution in [3.63, 3.8) is 0 Å². The van der Waals surface area contributed by atoms with Crippen LogP contribution in [0.15, 0.2) is 12.1 Å². The highest BCUT2D eigenvalue weighted by molar-refractivity contribution is 6.42. The second-order valence-electron chi connectivity index (χ2n) is 3.80. The van der Waals surface area contributed by atoms with Crippen LogP contribution in [0.3, 0.4) is 0 Å². The number of hydrogen-bond donors (Lipinski definition) is 2. The van der Waals surface area contributed by atoms with Crippen molar-refractivity contribution < 1.29 is 9.47 Å². The van der Waals surface area contributed by atoms with Crippen LogP contribution in [0.5, 0.6) is 0 Å². The van der Waals surface area contributed by atoms with Gasteiger partial charge in [0.05, 0.1) is 47.3 Å². The van der Waals surface area contributed by atoms with Crippen molar-refractivity contribution in [1.82, 2.24) is 0 Å². The van der Waals surface area contributed by atoms with Crippen LogP contribution in [0.2, 0.25) is 10.0 Å². The van der Waals surface area contributed by atoms with Gasteiger partial charge in [-0.05, 0) is 12.1 Å². The lowest BCUT2D eigenvalue weighted by Gasteiger charge is -2.23. The summed E-state index contributed by atoms with van der Waals surface area (Å²) in [5.74, 6) is 0. The normalized spacial score (nSPS) is 20.2. The summed E-state index contributed by atoms with van der Waals surface area (Å²) in [6.45, 7) is 2.50. The molecule has 0 radical (unpaired) electrons. The minimum Gasteiger partial charge on any atom is -0.397 e. The van der Waals surface area contributed by atoms with Gasteiger partial charge in [0, 0.05) is 6.54 Å². The molecule has 0 aliphatic carbocycles. The molecule has 1 aliphatic heterocycles. The Morgan fingerprint density at radius 2 is 2.06 bits per heavy atom. The molecular formula is C11H14Cl2N2O2. The Morgan fingerprint density at radius 3 is 2.76 bits per heavy atom. The molecule has 0 bridgehead atoms. The number of ether oxygens (including phenoxy) is 2. The number of nitrogens with one attached hydrogen (secondary N) is 1. The molecule has 1 fully saturated rings. The van der Waals surface area contributed by atoms with Crippen LogP contribution in [-0.2, 0) is 9.47 Å². The molecule has 1 aromatic carbocycles. The summed E-state index contributed by atoms with van der Waals surface area (Å²) in [7, 11) is 0. The highest BCUT2D eigenvalue weighted by Gasteiger charge is 2.14. The predicted octanol–water partition coefficient (Wildman–Crippen LogP) is 2.40. The highest BCUT2D eigenvalue weighted by atomic mass is 35.5. The number of nitrogen functional groups attached to an aromatic ring is 1. The molecule has 17 heavy (non-hydrogen) atoms. The summed E-state index contributed by atoms with van der Waals surface area (Å²) < 4.78 is 10.8. The molecule has 2 rings (SSSR count). The molecule has 6 heteroatoms. The second-order valence-corrected chi connectivity index (χ2v) is 4.62. The second kappa shape index (κ2) is 5.78. The smallest absolute Gasteiger partial charge is 0.0981 e. The van der Waals surface area contributed by atoms with Crippen LogP contribution in [0.25, 0.3) is 0 Å². The molecule has 0 aromatic heterocycles. The first-order valence-electron chi connectivity index (χ1n) is 5.34. The number of anilines is 2. The molecule has 0 amide bonds. The van der Waals surface area contributed by atoms with Crippen LogP contribution in [0.1, 0.15) is 0 Å². The van der Waals surface area contributed by atoms with E-state index in [0.29, 0.717) is 42.1 Å². The number of hydrogen-bond acceptors (Lipinski definition) is 4. The molecule has 1 aromatic rings. The van der Waals surface area contributed by atoms with Crippen molar-refractivity contribution in [1.29, 1.82) is 0 Å². The zero-order valence-corrected chi connectivity index (χ0v) is 10.7. The first-order chi connectivity index (χ1) is 8.16. The van der Waals surface area contributed by atoms with Crippen molar-refractivity contribution in [2.75, 3.05) is 37.4 Å². The minimum absolute atomic E-state index is 0.0394. The molecular weight excluding hydrogens is 263 g/mol. The van der Waals surface area contributed by atoms with Gasteiger partial charge < -0.3 is 20.5 Å². The van der Waals surface area contributed by atoms with Gasteiger partial charge in [-0.25, -0.2) is 0 Å². The summed E-state index contributed by atoms with van der Waals surface area (Å²) in [5.41, 5.74) is 7.15. The topological polar surface area (TPSA) is 56.5 Å². The third-order valence-corrected chi connectivity index (χ3v) is 3.22. The summed E-state index contributed by atoms with van der Waals surface area (Å²) in [5, 5.41) is 4.10. The van der Waals surface area contributed by atoms with Crippen molar-refractivity contribution in [3.8, 4) is 0 Å². The Bertz CT molecular complexity index is 395. The summed E-state index contributed by atoms with van der Waals surface area (Å²) in [4.78, 5) is 0. The van der Waals surface area contributed by atoms with Gasteiger partial charge in [0.25, 0.3) is 0 Å². The van der Waals surface area contributed by atoms with Crippen LogP contribution >= 0.6 is 23.2 Å². The Balaban J connectivity index is 1.96. The lowest BCUT2D eigenvalue weighted by Crippen LogP contribution is -2.34. The molecule has 4 nitrogen and oxygen atoms in total. The largest absolute Gasteiger partial charge is 0.397 e. The van der Waals surface area contributed by atoms with Crippen molar-refractivity contribution in [3.05, 3.63) is 22.2 Å². The van der Waals surface area contributed by atoms with Crippen molar-refractivity contribution in [2.24, 2.45) is 0 Å². The number of benzene rings is 1. The minimum atomic E-state index is 0.0394. The van der Waals surface area contributed by atoms with Gasteiger partial charge in [-0.3, -0.25) is 0 Å². The highest BCUT2D eigenvalue weighted by Crippen LogP contribution is 2.30. The summed E-state index contributed by atoms with van der Waals surface area (Å²) >= 11 is 11.8. The van der Waals surface area contributed by atoms with Crippen molar-refractivity contribution >= 4 is 34.6 Å². The third kappa shape index (κ3) is 3.39. The standard InChI is InChI=1S/C11H14Cl2N2O2/c12-8-3-10(14)11(4-9(8)13)15-5-7-6-16-1-2-17-7/h3-4,7,15H,1-2,5-6,14H2. The third-order valence-electron chi connectivity index (χ3n) is 2.50. The molecule has 0 spiro atoms. The Hall–Kier alpha value is -0.680. The van der Waals surface area contributed by atoms with Gasteiger partial charge in [-0.1, -0.05) is 23.2 Å². The van der Waals surface area contributed by atoms with E-state index in [1.165, 1.54) is 0 Å². The van der Waals surface area contributed by atoms with E-state index in [0.717, 1.165) is 5.69 Å². The molecule has 1 unspecified atom stereocenters. The van der Waals surface area contributed by atoms with Crippen LogP contribution in [-0.4, -0.2) is 32.5 Å². The quantitative estimate of drug-likeness (QED) is 0.833. The maximum atomic E-state index is 5.92. The fourth-order valence-electron chi connectivity index (χ4n) is 1.59. The Labute approximate surface area is 110 Å². The molecule has 3 N–H and O–H groups in total. The first kappa shape index (κ1) is 12.8. The molecule has 94 valence electrons. The molecule has 1 saturated heterocycles. The van der Waals surface area contributed by atoms with E-state index in [1.807, 2.05) is 0 Å². The van der Waals surface area contributed by atoms with Gasteiger partial charge in [0.2, 0.25) is 0 Å². The first-order valence-corrected chi connectivity index (χ1v) is 6.10.